The normalized spacial score (nSPS) is 10.8. The first-order valence-electron chi connectivity index (χ1n) is 5.07. The Morgan fingerprint density at radius 1 is 1.47 bits per heavy atom. The highest BCUT2D eigenvalue weighted by Gasteiger charge is 2.03. The van der Waals surface area contributed by atoms with Crippen LogP contribution in [0.5, 0.6) is 0 Å². The minimum Gasteiger partial charge on any atom is -0.395 e. The van der Waals surface area contributed by atoms with Gasteiger partial charge in [-0.1, -0.05) is 24.3 Å². The fraction of sp³-hybridized carbons (Fsp3) is 0.364. The van der Waals surface area contributed by atoms with Crippen molar-refractivity contribution >= 4 is 26.7 Å². The van der Waals surface area contributed by atoms with E-state index in [4.69, 9.17) is 5.11 Å². The third kappa shape index (κ3) is 2.27. The Morgan fingerprint density at radius 2 is 2.33 bits per heavy atom. The van der Waals surface area contributed by atoms with E-state index in [0.717, 1.165) is 17.1 Å². The van der Waals surface area contributed by atoms with Crippen molar-refractivity contribution in [1.82, 2.24) is 4.98 Å². The quantitative estimate of drug-likeness (QED) is 0.834. The molecule has 0 atom stereocenters. The molecule has 0 spiro atoms. The zero-order chi connectivity index (χ0) is 10.7. The molecular formula is C11H14N2OS. The molecule has 0 amide bonds. The molecule has 2 aromatic rings. The van der Waals surface area contributed by atoms with Crippen molar-refractivity contribution in [2.75, 3.05) is 18.5 Å². The minimum atomic E-state index is 0.135. The molecule has 15 heavy (non-hydrogen) atoms. The fourth-order valence-electron chi connectivity index (χ4n) is 1.43. The molecule has 0 aliphatic carbocycles. The zero-order valence-corrected chi connectivity index (χ0v) is 9.47. The van der Waals surface area contributed by atoms with Gasteiger partial charge in [0.15, 0.2) is 5.13 Å². The lowest BCUT2D eigenvalue weighted by molar-refractivity contribution is 0.311. The van der Waals surface area contributed by atoms with Crippen LogP contribution in [0.15, 0.2) is 18.2 Å². The number of anilines is 1. The van der Waals surface area contributed by atoms with Gasteiger partial charge in [0.2, 0.25) is 0 Å². The summed E-state index contributed by atoms with van der Waals surface area (Å²) in [5.74, 6) is 0. The van der Waals surface area contributed by atoms with Gasteiger partial charge in [0.1, 0.15) is 0 Å². The molecule has 3 nitrogen and oxygen atoms in total. The molecule has 0 aliphatic rings. The van der Waals surface area contributed by atoms with Gasteiger partial charge in [-0.15, -0.1) is 0 Å². The van der Waals surface area contributed by atoms with Crippen molar-refractivity contribution < 1.29 is 5.11 Å². The van der Waals surface area contributed by atoms with Gasteiger partial charge in [-0.2, -0.15) is 0 Å². The van der Waals surface area contributed by atoms with Crippen LogP contribution in [0, 0.1) is 0 Å². The highest BCUT2D eigenvalue weighted by molar-refractivity contribution is 7.22. The molecule has 1 aromatic heterocycles. The Labute approximate surface area is 92.8 Å². The van der Waals surface area contributed by atoms with Gasteiger partial charge in [0, 0.05) is 6.54 Å². The Morgan fingerprint density at radius 3 is 3.07 bits per heavy atom. The standard InChI is InChI=1S/C11H14N2OS/c1-2-8-3-4-10-9(7-8)13-11(15-10)12-5-6-14/h3-4,7,14H,2,5-6H2,1H3,(H,12,13). The van der Waals surface area contributed by atoms with Gasteiger partial charge < -0.3 is 10.4 Å². The summed E-state index contributed by atoms with van der Waals surface area (Å²) in [6.45, 7) is 2.83. The predicted octanol–water partition coefficient (Wildman–Crippen LogP) is 2.26. The summed E-state index contributed by atoms with van der Waals surface area (Å²) in [6, 6.07) is 6.36. The third-order valence-corrected chi connectivity index (χ3v) is 3.24. The van der Waals surface area contributed by atoms with Gasteiger partial charge >= 0.3 is 0 Å². The van der Waals surface area contributed by atoms with E-state index in [1.807, 2.05) is 0 Å². The van der Waals surface area contributed by atoms with Gasteiger partial charge in [0.25, 0.3) is 0 Å². The summed E-state index contributed by atoms with van der Waals surface area (Å²) in [6.07, 6.45) is 1.03. The van der Waals surface area contributed by atoms with Gasteiger partial charge in [-0.3, -0.25) is 0 Å². The summed E-state index contributed by atoms with van der Waals surface area (Å²) in [4.78, 5) is 4.46. The number of nitrogens with one attached hydrogen (secondary N) is 1. The van der Waals surface area contributed by atoms with E-state index in [-0.39, 0.29) is 6.61 Å². The number of benzene rings is 1. The number of nitrogens with zero attached hydrogens (tertiary/aromatic N) is 1. The maximum absolute atomic E-state index is 8.70. The smallest absolute Gasteiger partial charge is 0.183 e. The second-order valence-corrected chi connectivity index (χ2v) is 4.36. The molecule has 0 aliphatic heterocycles. The molecule has 4 heteroatoms. The van der Waals surface area contributed by atoms with E-state index in [1.165, 1.54) is 10.3 Å². The van der Waals surface area contributed by atoms with Crippen molar-refractivity contribution in [1.29, 1.82) is 0 Å². The van der Waals surface area contributed by atoms with Crippen LogP contribution in [0.4, 0.5) is 5.13 Å². The molecule has 80 valence electrons. The second kappa shape index (κ2) is 4.59. The summed E-state index contributed by atoms with van der Waals surface area (Å²) in [5, 5.41) is 12.7. The maximum Gasteiger partial charge on any atom is 0.183 e. The third-order valence-electron chi connectivity index (χ3n) is 2.25. The summed E-state index contributed by atoms with van der Waals surface area (Å²) in [7, 11) is 0. The van der Waals surface area contributed by atoms with Crippen molar-refractivity contribution in [3.8, 4) is 0 Å². The molecule has 0 radical (unpaired) electrons. The Hall–Kier alpha value is -1.13. The fourth-order valence-corrected chi connectivity index (χ4v) is 2.30. The first-order valence-corrected chi connectivity index (χ1v) is 5.89. The largest absolute Gasteiger partial charge is 0.395 e. The van der Waals surface area contributed by atoms with Crippen LogP contribution >= 0.6 is 11.3 Å². The maximum atomic E-state index is 8.70. The van der Waals surface area contributed by atoms with Crippen molar-refractivity contribution in [2.24, 2.45) is 0 Å². The van der Waals surface area contributed by atoms with Crippen molar-refractivity contribution in [3.63, 3.8) is 0 Å². The molecule has 1 aromatic carbocycles. The van der Waals surface area contributed by atoms with E-state index >= 15 is 0 Å². The lowest BCUT2D eigenvalue weighted by Gasteiger charge is -1.95. The monoisotopic (exact) mass is 222 g/mol. The van der Waals surface area contributed by atoms with E-state index in [1.54, 1.807) is 11.3 Å². The number of aryl methyl sites for hydroxylation is 1. The first kappa shape index (κ1) is 10.4. The van der Waals surface area contributed by atoms with Crippen LogP contribution in [0.3, 0.4) is 0 Å². The molecular weight excluding hydrogens is 208 g/mol. The van der Waals surface area contributed by atoms with Crippen LogP contribution in [0.25, 0.3) is 10.2 Å². The number of thiazole rings is 1. The van der Waals surface area contributed by atoms with Gasteiger partial charge in [-0.05, 0) is 24.1 Å². The average Bonchev–Trinajstić information content (AvgIpc) is 2.67. The molecule has 2 N–H and O–H groups in total. The lowest BCUT2D eigenvalue weighted by Crippen LogP contribution is -2.04. The van der Waals surface area contributed by atoms with Crippen LogP contribution in [0.1, 0.15) is 12.5 Å². The summed E-state index contributed by atoms with van der Waals surface area (Å²) < 4.78 is 1.19. The number of hydrogen-bond acceptors (Lipinski definition) is 4. The number of aromatic nitrogens is 1. The molecule has 1 heterocycles. The van der Waals surface area contributed by atoms with Crippen LogP contribution in [-0.2, 0) is 6.42 Å². The number of rotatable bonds is 4. The van der Waals surface area contributed by atoms with E-state index in [2.05, 4.69) is 35.4 Å². The Kier molecular flexibility index (Phi) is 3.18. The highest BCUT2D eigenvalue weighted by atomic mass is 32.1. The molecule has 0 saturated heterocycles. The van der Waals surface area contributed by atoms with E-state index in [0.29, 0.717) is 6.54 Å². The molecule has 0 bridgehead atoms. The van der Waals surface area contributed by atoms with E-state index in [9.17, 15) is 0 Å². The highest BCUT2D eigenvalue weighted by Crippen LogP contribution is 2.26. The molecule has 0 unspecified atom stereocenters. The molecule has 2 rings (SSSR count). The Bertz CT molecular complexity index is 453. The van der Waals surface area contributed by atoms with Crippen LogP contribution in [0.2, 0.25) is 0 Å². The van der Waals surface area contributed by atoms with Gasteiger partial charge in [0.05, 0.1) is 16.8 Å². The Balaban J connectivity index is 2.29. The van der Waals surface area contributed by atoms with Crippen LogP contribution < -0.4 is 5.32 Å². The first-order chi connectivity index (χ1) is 7.33. The topological polar surface area (TPSA) is 45.1 Å². The van der Waals surface area contributed by atoms with Crippen molar-refractivity contribution in [3.05, 3.63) is 23.8 Å². The predicted molar refractivity (Wildman–Crippen MR) is 64.6 cm³/mol. The minimum absolute atomic E-state index is 0.135. The van der Waals surface area contributed by atoms with Gasteiger partial charge in [-0.25, -0.2) is 4.98 Å². The summed E-state index contributed by atoms with van der Waals surface area (Å²) >= 11 is 1.62. The zero-order valence-electron chi connectivity index (χ0n) is 8.66. The molecule has 0 saturated carbocycles. The average molecular weight is 222 g/mol. The number of aliphatic hydroxyl groups is 1. The SMILES string of the molecule is CCc1ccc2sc(NCCO)nc2c1. The number of aliphatic hydroxyl groups excluding tert-OH is 1. The molecule has 0 fully saturated rings. The van der Waals surface area contributed by atoms with E-state index < -0.39 is 0 Å². The van der Waals surface area contributed by atoms with Crippen molar-refractivity contribution in [2.45, 2.75) is 13.3 Å². The number of hydrogen-bond donors (Lipinski definition) is 2. The lowest BCUT2D eigenvalue weighted by atomic mass is 10.2. The van der Waals surface area contributed by atoms with Crippen LogP contribution in [-0.4, -0.2) is 23.2 Å². The summed E-state index contributed by atoms with van der Waals surface area (Å²) in [5.41, 5.74) is 2.35. The number of fused-ring (bicyclic) bond motifs is 1. The second-order valence-electron chi connectivity index (χ2n) is 3.33.